The quantitative estimate of drug-likeness (QED) is 0.784. The Morgan fingerprint density at radius 2 is 2.00 bits per heavy atom. The maximum atomic E-state index is 12.2. The Bertz CT molecular complexity index is 799. The van der Waals surface area contributed by atoms with Crippen molar-refractivity contribution in [1.82, 2.24) is 19.5 Å². The number of nitrogens with two attached hydrogens (primary N) is 1. The minimum absolute atomic E-state index is 0.0481. The minimum atomic E-state index is -4.75. The molecular formula is C12H8F3N5O. The number of nitrogen functional groups attached to an aromatic ring is 1. The Hall–Kier alpha value is -2.84. The van der Waals surface area contributed by atoms with E-state index in [-0.39, 0.29) is 11.7 Å². The monoisotopic (exact) mass is 295 g/mol. The van der Waals surface area contributed by atoms with E-state index in [1.165, 1.54) is 35.3 Å². The van der Waals surface area contributed by atoms with E-state index in [2.05, 4.69) is 19.7 Å². The normalized spacial score (nSPS) is 11.8. The molecule has 0 aliphatic heterocycles. The topological polar surface area (TPSA) is 78.8 Å². The third-order valence-electron chi connectivity index (χ3n) is 2.64. The van der Waals surface area contributed by atoms with Crippen LogP contribution in [0, 0.1) is 0 Å². The average Bonchev–Trinajstić information content (AvgIpc) is 2.80. The molecule has 0 aliphatic carbocycles. The fourth-order valence-corrected chi connectivity index (χ4v) is 1.84. The molecule has 3 aromatic rings. The van der Waals surface area contributed by atoms with Crippen molar-refractivity contribution in [3.05, 3.63) is 36.8 Å². The summed E-state index contributed by atoms with van der Waals surface area (Å²) in [6.07, 6.45) is -1.89. The zero-order chi connectivity index (χ0) is 15.0. The molecule has 0 radical (unpaired) electrons. The van der Waals surface area contributed by atoms with Crippen LogP contribution in [0.2, 0.25) is 0 Å². The molecule has 0 fully saturated rings. The van der Waals surface area contributed by atoms with Crippen LogP contribution < -0.4 is 10.5 Å². The van der Waals surface area contributed by atoms with E-state index in [4.69, 9.17) is 5.73 Å². The van der Waals surface area contributed by atoms with Gasteiger partial charge in [0.2, 0.25) is 5.95 Å². The first-order valence-corrected chi connectivity index (χ1v) is 5.74. The van der Waals surface area contributed by atoms with Crippen molar-refractivity contribution in [2.24, 2.45) is 0 Å². The highest BCUT2D eigenvalue weighted by Gasteiger charge is 2.31. The molecule has 0 saturated heterocycles. The molecule has 6 nitrogen and oxygen atoms in total. The van der Waals surface area contributed by atoms with Crippen molar-refractivity contribution in [2.75, 3.05) is 5.73 Å². The summed E-state index contributed by atoms with van der Waals surface area (Å²) in [5.41, 5.74) is 6.79. The van der Waals surface area contributed by atoms with Crippen molar-refractivity contribution in [1.29, 1.82) is 0 Å². The molecular weight excluding hydrogens is 287 g/mol. The molecule has 0 amide bonds. The first-order chi connectivity index (χ1) is 9.92. The van der Waals surface area contributed by atoms with Crippen LogP contribution in [0.5, 0.6) is 5.75 Å². The van der Waals surface area contributed by atoms with Crippen LogP contribution in [0.25, 0.3) is 16.9 Å². The lowest BCUT2D eigenvalue weighted by atomic mass is 10.3. The van der Waals surface area contributed by atoms with E-state index in [1.807, 2.05) is 0 Å². The lowest BCUT2D eigenvalue weighted by Crippen LogP contribution is -2.17. The average molecular weight is 295 g/mol. The fraction of sp³-hybridized carbons (Fsp3) is 0.0833. The highest BCUT2D eigenvalue weighted by molar-refractivity contribution is 5.73. The van der Waals surface area contributed by atoms with Gasteiger partial charge in [0.1, 0.15) is 17.6 Å². The molecule has 0 aliphatic rings. The number of rotatable bonds is 2. The second-order valence-electron chi connectivity index (χ2n) is 4.10. The summed E-state index contributed by atoms with van der Waals surface area (Å²) >= 11 is 0. The maximum Gasteiger partial charge on any atom is 0.573 e. The van der Waals surface area contributed by atoms with Gasteiger partial charge in [-0.05, 0) is 12.1 Å². The molecule has 0 atom stereocenters. The Labute approximate surface area is 116 Å². The lowest BCUT2D eigenvalue weighted by Gasteiger charge is -2.10. The van der Waals surface area contributed by atoms with E-state index >= 15 is 0 Å². The summed E-state index contributed by atoms with van der Waals surface area (Å²) in [6.45, 7) is 0. The highest BCUT2D eigenvalue weighted by atomic mass is 19.4. The standard InChI is InChI=1S/C12H8F3N5O/c13-12(14,15)21-8-3-1-2-7(4-8)20-6-18-9-5-17-11(16)19-10(9)20/h1-6H,(H2,16,17,19). The van der Waals surface area contributed by atoms with E-state index in [0.29, 0.717) is 16.9 Å². The van der Waals surface area contributed by atoms with E-state index < -0.39 is 6.36 Å². The number of benzene rings is 1. The molecule has 3 rings (SSSR count). The summed E-state index contributed by atoms with van der Waals surface area (Å²) in [5, 5.41) is 0. The largest absolute Gasteiger partial charge is 0.573 e. The number of anilines is 1. The van der Waals surface area contributed by atoms with Gasteiger partial charge in [-0.3, -0.25) is 4.57 Å². The summed E-state index contributed by atoms with van der Waals surface area (Å²) in [7, 11) is 0. The van der Waals surface area contributed by atoms with Gasteiger partial charge in [-0.1, -0.05) is 6.07 Å². The van der Waals surface area contributed by atoms with E-state index in [0.717, 1.165) is 0 Å². The fourth-order valence-electron chi connectivity index (χ4n) is 1.84. The molecule has 1 aromatic carbocycles. The van der Waals surface area contributed by atoms with Crippen molar-refractivity contribution in [3.63, 3.8) is 0 Å². The zero-order valence-corrected chi connectivity index (χ0v) is 10.4. The number of halogens is 3. The van der Waals surface area contributed by atoms with Crippen LogP contribution in [0.4, 0.5) is 19.1 Å². The van der Waals surface area contributed by atoms with E-state index in [9.17, 15) is 13.2 Å². The van der Waals surface area contributed by atoms with Crippen molar-refractivity contribution in [3.8, 4) is 11.4 Å². The van der Waals surface area contributed by atoms with E-state index in [1.54, 1.807) is 6.07 Å². The molecule has 0 bridgehead atoms. The third-order valence-corrected chi connectivity index (χ3v) is 2.64. The van der Waals surface area contributed by atoms with Crippen LogP contribution in [0.3, 0.4) is 0 Å². The van der Waals surface area contributed by atoms with Gasteiger partial charge in [-0.2, -0.15) is 4.98 Å². The molecule has 2 N–H and O–H groups in total. The van der Waals surface area contributed by atoms with Gasteiger partial charge in [0, 0.05) is 6.07 Å². The van der Waals surface area contributed by atoms with Gasteiger partial charge >= 0.3 is 6.36 Å². The Balaban J connectivity index is 2.06. The van der Waals surface area contributed by atoms with Crippen molar-refractivity contribution in [2.45, 2.75) is 6.36 Å². The molecule has 21 heavy (non-hydrogen) atoms. The first kappa shape index (κ1) is 13.2. The number of imidazole rings is 1. The minimum Gasteiger partial charge on any atom is -0.406 e. The number of fused-ring (bicyclic) bond motifs is 1. The second-order valence-corrected chi connectivity index (χ2v) is 4.10. The predicted octanol–water partition coefficient (Wildman–Crippen LogP) is 2.30. The van der Waals surface area contributed by atoms with Crippen molar-refractivity contribution >= 4 is 17.1 Å². The summed E-state index contributed by atoms with van der Waals surface area (Å²) in [6, 6.07) is 5.47. The number of ether oxygens (including phenoxy) is 1. The van der Waals surface area contributed by atoms with Gasteiger partial charge in [0.05, 0.1) is 11.9 Å². The predicted molar refractivity (Wildman–Crippen MR) is 67.8 cm³/mol. The van der Waals surface area contributed by atoms with Crippen LogP contribution in [0.15, 0.2) is 36.8 Å². The van der Waals surface area contributed by atoms with Crippen LogP contribution in [0.1, 0.15) is 0 Å². The smallest absolute Gasteiger partial charge is 0.406 e. The summed E-state index contributed by atoms with van der Waals surface area (Å²) in [5.74, 6) is -0.282. The Morgan fingerprint density at radius 1 is 1.19 bits per heavy atom. The van der Waals surface area contributed by atoms with Gasteiger partial charge in [0.15, 0.2) is 5.65 Å². The number of nitrogens with zero attached hydrogens (tertiary/aromatic N) is 4. The molecule has 0 unspecified atom stereocenters. The van der Waals surface area contributed by atoms with Gasteiger partial charge in [0.25, 0.3) is 0 Å². The Morgan fingerprint density at radius 3 is 2.76 bits per heavy atom. The summed E-state index contributed by atoms with van der Waals surface area (Å²) in [4.78, 5) is 11.9. The molecule has 0 spiro atoms. The lowest BCUT2D eigenvalue weighted by molar-refractivity contribution is -0.274. The Kier molecular flexibility index (Phi) is 2.89. The number of alkyl halides is 3. The molecule has 0 saturated carbocycles. The van der Waals surface area contributed by atoms with Crippen molar-refractivity contribution < 1.29 is 17.9 Å². The van der Waals surface area contributed by atoms with Gasteiger partial charge in [-0.15, -0.1) is 13.2 Å². The number of hydrogen-bond acceptors (Lipinski definition) is 5. The summed E-state index contributed by atoms with van der Waals surface area (Å²) < 4.78 is 42.1. The maximum absolute atomic E-state index is 12.2. The number of hydrogen-bond donors (Lipinski definition) is 1. The van der Waals surface area contributed by atoms with Gasteiger partial charge in [-0.25, -0.2) is 9.97 Å². The molecule has 9 heteroatoms. The van der Waals surface area contributed by atoms with Crippen LogP contribution >= 0.6 is 0 Å². The molecule has 2 heterocycles. The second kappa shape index (κ2) is 4.62. The zero-order valence-electron chi connectivity index (χ0n) is 10.4. The van der Waals surface area contributed by atoms with Gasteiger partial charge < -0.3 is 10.5 Å². The molecule has 108 valence electrons. The first-order valence-electron chi connectivity index (χ1n) is 5.74. The third kappa shape index (κ3) is 2.71. The SMILES string of the molecule is Nc1ncc2ncn(-c3cccc(OC(F)(F)F)c3)c2n1. The molecule has 2 aromatic heterocycles. The highest BCUT2D eigenvalue weighted by Crippen LogP contribution is 2.25. The number of aromatic nitrogens is 4. The van der Waals surface area contributed by atoms with Crippen LogP contribution in [-0.2, 0) is 0 Å². The van der Waals surface area contributed by atoms with Crippen LogP contribution in [-0.4, -0.2) is 25.9 Å².